The van der Waals surface area contributed by atoms with Crippen LogP contribution >= 0.6 is 11.6 Å². The summed E-state index contributed by atoms with van der Waals surface area (Å²) >= 11 is 6.19. The number of hydrogen-bond donors (Lipinski definition) is 1. The van der Waals surface area contributed by atoms with E-state index in [-0.39, 0.29) is 18.2 Å². The zero-order chi connectivity index (χ0) is 16.9. The summed E-state index contributed by atoms with van der Waals surface area (Å²) in [5.74, 6) is -0.298. The number of carbonyl (C=O) groups excluding carboxylic acids is 2. The van der Waals surface area contributed by atoms with E-state index in [1.54, 1.807) is 22.0 Å². The second kappa shape index (κ2) is 7.44. The van der Waals surface area contributed by atoms with Gasteiger partial charge in [0.15, 0.2) is 0 Å². The van der Waals surface area contributed by atoms with E-state index in [9.17, 15) is 9.59 Å². The highest BCUT2D eigenvalue weighted by molar-refractivity contribution is 6.33. The average molecular weight is 348 g/mol. The van der Waals surface area contributed by atoms with Gasteiger partial charge in [-0.25, -0.2) is 4.98 Å². The number of carbonyl (C=O) groups is 2. The van der Waals surface area contributed by atoms with Crippen LogP contribution in [0.4, 0.5) is 5.69 Å². The molecule has 1 aromatic heterocycles. The number of aryl methyl sites for hydroxylation is 1. The topological polar surface area (TPSA) is 80.1 Å². The summed E-state index contributed by atoms with van der Waals surface area (Å²) in [6.07, 6.45) is 4.67. The first kappa shape index (κ1) is 16.4. The van der Waals surface area contributed by atoms with Crippen molar-refractivity contribution in [2.24, 2.45) is 0 Å². The number of amides is 2. The molecule has 2 heterocycles. The minimum absolute atomic E-state index is 0.122. The fraction of sp³-hybridized carbons (Fsp3) is 0.375. The van der Waals surface area contributed by atoms with Crippen LogP contribution in [0.3, 0.4) is 0 Å². The lowest BCUT2D eigenvalue weighted by Crippen LogP contribution is -2.52. The number of nitrogens with one attached hydrogen (secondary N) is 1. The van der Waals surface area contributed by atoms with Crippen LogP contribution in [0.2, 0.25) is 5.02 Å². The van der Waals surface area contributed by atoms with E-state index >= 15 is 0 Å². The average Bonchev–Trinajstić information content (AvgIpc) is 3.09. The number of anilines is 1. The predicted octanol–water partition coefficient (Wildman–Crippen LogP) is 1.63. The highest BCUT2D eigenvalue weighted by Crippen LogP contribution is 2.28. The smallest absolute Gasteiger partial charge is 0.249 e. The van der Waals surface area contributed by atoms with Crippen molar-refractivity contribution in [2.75, 3.05) is 11.4 Å². The molecule has 1 saturated heterocycles. The summed E-state index contributed by atoms with van der Waals surface area (Å²) in [5, 5.41) is 7.29. The SMILES string of the molecule is O=C(CCn1cncn1)N[C@@H]1CCCN(c2ccccc2Cl)C1=O. The summed E-state index contributed by atoms with van der Waals surface area (Å²) in [6.45, 7) is 1.04. The fourth-order valence-electron chi connectivity index (χ4n) is 2.75. The zero-order valence-electron chi connectivity index (χ0n) is 13.1. The number of hydrogen-bond acceptors (Lipinski definition) is 4. The molecule has 2 amide bonds. The number of benzene rings is 1. The van der Waals surface area contributed by atoms with E-state index < -0.39 is 6.04 Å². The Kier molecular flexibility index (Phi) is 5.10. The third kappa shape index (κ3) is 3.73. The lowest BCUT2D eigenvalue weighted by Gasteiger charge is -2.33. The Morgan fingerprint density at radius 1 is 1.38 bits per heavy atom. The van der Waals surface area contributed by atoms with Gasteiger partial charge in [0.2, 0.25) is 11.8 Å². The molecule has 126 valence electrons. The van der Waals surface area contributed by atoms with Crippen LogP contribution in [0, 0.1) is 0 Å². The number of halogens is 1. The first-order valence-corrected chi connectivity index (χ1v) is 8.20. The van der Waals surface area contributed by atoms with Gasteiger partial charge in [0.05, 0.1) is 17.3 Å². The summed E-state index contributed by atoms with van der Waals surface area (Å²) in [4.78, 5) is 30.2. The maximum absolute atomic E-state index is 12.7. The standard InChI is InChI=1S/C16H18ClN5O2/c17-12-4-1-2-6-14(12)22-8-3-5-13(16(22)24)20-15(23)7-9-21-11-18-10-19-21/h1-2,4,6,10-11,13H,3,5,7-9H2,(H,20,23)/t13-/m1/s1. The van der Waals surface area contributed by atoms with Crippen molar-refractivity contribution in [3.63, 3.8) is 0 Å². The fourth-order valence-corrected chi connectivity index (χ4v) is 2.99. The Labute approximate surface area is 144 Å². The lowest BCUT2D eigenvalue weighted by molar-refractivity contribution is -0.128. The van der Waals surface area contributed by atoms with Crippen molar-refractivity contribution in [3.8, 4) is 0 Å². The first-order chi connectivity index (χ1) is 11.6. The molecule has 2 aromatic rings. The number of nitrogens with zero attached hydrogens (tertiary/aromatic N) is 4. The Hall–Kier alpha value is -2.41. The Morgan fingerprint density at radius 3 is 2.96 bits per heavy atom. The van der Waals surface area contributed by atoms with Crippen LogP contribution in [-0.2, 0) is 16.1 Å². The molecule has 8 heteroatoms. The van der Waals surface area contributed by atoms with Crippen LogP contribution in [0.5, 0.6) is 0 Å². The Balaban J connectivity index is 1.60. The molecule has 1 N–H and O–H groups in total. The second-order valence-corrected chi connectivity index (χ2v) is 6.02. The second-order valence-electron chi connectivity index (χ2n) is 5.61. The highest BCUT2D eigenvalue weighted by Gasteiger charge is 2.31. The van der Waals surface area contributed by atoms with Crippen molar-refractivity contribution in [3.05, 3.63) is 41.9 Å². The van der Waals surface area contributed by atoms with Gasteiger partial charge in [0.1, 0.15) is 18.7 Å². The zero-order valence-corrected chi connectivity index (χ0v) is 13.8. The summed E-state index contributed by atoms with van der Waals surface area (Å²) < 4.78 is 1.58. The molecule has 1 aliphatic heterocycles. The van der Waals surface area contributed by atoms with Crippen LogP contribution in [0.15, 0.2) is 36.9 Å². The van der Waals surface area contributed by atoms with Crippen LogP contribution in [0.25, 0.3) is 0 Å². The molecule has 3 rings (SSSR count). The quantitative estimate of drug-likeness (QED) is 0.891. The van der Waals surface area contributed by atoms with Gasteiger partial charge in [-0.1, -0.05) is 23.7 Å². The summed E-state index contributed by atoms with van der Waals surface area (Å²) in [5.41, 5.74) is 0.686. The molecule has 7 nitrogen and oxygen atoms in total. The minimum Gasteiger partial charge on any atom is -0.344 e. The molecule has 0 unspecified atom stereocenters. The van der Waals surface area contributed by atoms with Crippen molar-refractivity contribution < 1.29 is 9.59 Å². The molecule has 0 radical (unpaired) electrons. The Morgan fingerprint density at radius 2 is 2.21 bits per heavy atom. The highest BCUT2D eigenvalue weighted by atomic mass is 35.5. The molecule has 24 heavy (non-hydrogen) atoms. The maximum Gasteiger partial charge on any atom is 0.249 e. The van der Waals surface area contributed by atoms with E-state index in [4.69, 9.17) is 11.6 Å². The number of aromatic nitrogens is 3. The normalized spacial score (nSPS) is 17.8. The van der Waals surface area contributed by atoms with Crippen molar-refractivity contribution in [1.29, 1.82) is 0 Å². The molecule has 0 aliphatic carbocycles. The Bertz CT molecular complexity index is 719. The van der Waals surface area contributed by atoms with Crippen molar-refractivity contribution >= 4 is 29.1 Å². The maximum atomic E-state index is 12.7. The van der Waals surface area contributed by atoms with Gasteiger partial charge >= 0.3 is 0 Å². The first-order valence-electron chi connectivity index (χ1n) is 7.83. The molecule has 1 aliphatic rings. The van der Waals surface area contributed by atoms with E-state index in [0.29, 0.717) is 30.2 Å². The monoisotopic (exact) mass is 347 g/mol. The van der Waals surface area contributed by atoms with Gasteiger partial charge in [-0.15, -0.1) is 0 Å². The third-order valence-electron chi connectivity index (χ3n) is 3.95. The van der Waals surface area contributed by atoms with Crippen LogP contribution in [-0.4, -0.2) is 39.2 Å². The molecular formula is C16H18ClN5O2. The molecule has 1 atom stereocenters. The summed E-state index contributed by atoms with van der Waals surface area (Å²) in [6, 6.07) is 6.72. The largest absolute Gasteiger partial charge is 0.344 e. The van der Waals surface area contributed by atoms with E-state index in [1.165, 1.54) is 6.33 Å². The molecular weight excluding hydrogens is 330 g/mol. The number of rotatable bonds is 5. The number of para-hydroxylation sites is 1. The van der Waals surface area contributed by atoms with Crippen molar-refractivity contribution in [2.45, 2.75) is 31.8 Å². The van der Waals surface area contributed by atoms with E-state index in [1.807, 2.05) is 18.2 Å². The van der Waals surface area contributed by atoms with Crippen molar-refractivity contribution in [1.82, 2.24) is 20.1 Å². The lowest BCUT2D eigenvalue weighted by atomic mass is 10.0. The number of piperidine rings is 1. The van der Waals surface area contributed by atoms with Gasteiger partial charge in [-0.2, -0.15) is 5.10 Å². The molecule has 0 bridgehead atoms. The van der Waals surface area contributed by atoms with Gasteiger partial charge in [-0.05, 0) is 25.0 Å². The van der Waals surface area contributed by atoms with Gasteiger partial charge in [-0.3, -0.25) is 14.3 Å². The van der Waals surface area contributed by atoms with E-state index in [2.05, 4.69) is 15.4 Å². The third-order valence-corrected chi connectivity index (χ3v) is 4.27. The van der Waals surface area contributed by atoms with E-state index in [0.717, 1.165) is 6.42 Å². The molecule has 0 spiro atoms. The van der Waals surface area contributed by atoms with Crippen LogP contribution < -0.4 is 10.2 Å². The van der Waals surface area contributed by atoms with Crippen LogP contribution in [0.1, 0.15) is 19.3 Å². The summed E-state index contributed by atoms with van der Waals surface area (Å²) in [7, 11) is 0. The van der Waals surface area contributed by atoms with Gasteiger partial charge in [0, 0.05) is 13.0 Å². The molecule has 1 aromatic carbocycles. The predicted molar refractivity (Wildman–Crippen MR) is 89.6 cm³/mol. The van der Waals surface area contributed by atoms with Gasteiger partial charge < -0.3 is 10.2 Å². The minimum atomic E-state index is -0.515. The van der Waals surface area contributed by atoms with Gasteiger partial charge in [0.25, 0.3) is 0 Å². The molecule has 0 saturated carbocycles. The molecule has 1 fully saturated rings.